The van der Waals surface area contributed by atoms with Gasteiger partial charge in [0.15, 0.2) is 0 Å². The van der Waals surface area contributed by atoms with Gasteiger partial charge in [0.25, 0.3) is 0 Å². The van der Waals surface area contributed by atoms with E-state index >= 15 is 0 Å². The minimum Gasteiger partial charge on any atom is -0.457 e. The van der Waals surface area contributed by atoms with Gasteiger partial charge in [0.2, 0.25) is 0 Å². The predicted molar refractivity (Wildman–Crippen MR) is 244 cm³/mol. The molecule has 0 amide bonds. The molecule has 12 rings (SSSR count). The zero-order valence-corrected chi connectivity index (χ0v) is 36.8. The number of anilines is 3. The summed E-state index contributed by atoms with van der Waals surface area (Å²) >= 11 is 0. The van der Waals surface area contributed by atoms with Crippen molar-refractivity contribution in [2.75, 3.05) is 4.90 Å². The monoisotopic (exact) mass is 777 g/mol. The largest absolute Gasteiger partial charge is 0.457 e. The smallest absolute Gasteiger partial charge is 0.132 e. The summed E-state index contributed by atoms with van der Waals surface area (Å²) in [6.45, 7) is 19.5. The average molecular weight is 778 g/mol. The fourth-order valence-electron chi connectivity index (χ4n) is 15.3. The number of nitrogens with zero attached hydrogens (tertiary/aromatic N) is 1. The number of hydrogen-bond acceptors (Lipinski definition) is 2. The Morgan fingerprint density at radius 1 is 0.441 bits per heavy atom. The van der Waals surface area contributed by atoms with Gasteiger partial charge < -0.3 is 9.64 Å². The predicted octanol–water partition coefficient (Wildman–Crippen LogP) is 15.4. The number of ether oxygens (including phenoxy) is 1. The second kappa shape index (κ2) is 11.7. The third kappa shape index (κ3) is 4.87. The van der Waals surface area contributed by atoms with E-state index in [4.69, 9.17) is 4.74 Å². The van der Waals surface area contributed by atoms with Gasteiger partial charge in [-0.3, -0.25) is 0 Å². The van der Waals surface area contributed by atoms with Gasteiger partial charge in [-0.05, 0) is 190 Å². The normalized spacial score (nSPS) is 31.3. The van der Waals surface area contributed by atoms with Crippen LogP contribution in [0.2, 0.25) is 0 Å². The summed E-state index contributed by atoms with van der Waals surface area (Å²) in [6.07, 6.45) is 12.1. The number of benzene rings is 5. The first kappa shape index (κ1) is 36.5. The summed E-state index contributed by atoms with van der Waals surface area (Å²) in [5, 5.41) is 0. The van der Waals surface area contributed by atoms with Gasteiger partial charge in [0.05, 0.1) is 0 Å². The van der Waals surface area contributed by atoms with Crippen molar-refractivity contribution < 1.29 is 4.74 Å². The van der Waals surface area contributed by atoms with Crippen LogP contribution < -0.4 is 9.64 Å². The molecule has 4 saturated carbocycles. The van der Waals surface area contributed by atoms with E-state index in [0.29, 0.717) is 5.41 Å². The highest BCUT2D eigenvalue weighted by Gasteiger charge is 2.79. The van der Waals surface area contributed by atoms with Crippen molar-refractivity contribution in [1.29, 1.82) is 0 Å². The van der Waals surface area contributed by atoms with Crippen molar-refractivity contribution in [3.63, 3.8) is 0 Å². The van der Waals surface area contributed by atoms with Crippen molar-refractivity contribution in [3.8, 4) is 22.6 Å². The number of fused-ring (bicyclic) bond motifs is 10. The standard InChI is InChI=1S/C57H63NO/c1-52(2)23-25-54(5,6)46-31-40(18-21-42(46)52)58(41-19-22-43-47(32-41)55(7,8)26-24-53(43,3)4)39-16-13-37(14-17-39)38-15-20-45-49(30-38)59-48-12-10-9-11-44(48)57(45)50-28-35-27-36-29-51(57)56(50,33-35)34-36/h9-22,30-32,35-36,50-51H,23-29,33-34H2,1-8H3. The Morgan fingerprint density at radius 3 is 1.49 bits per heavy atom. The molecule has 1 aliphatic heterocycles. The second-order valence-corrected chi connectivity index (χ2v) is 23.2. The van der Waals surface area contributed by atoms with Crippen molar-refractivity contribution in [3.05, 3.63) is 137 Å². The molecule has 1 heterocycles. The minimum atomic E-state index is 0.105. The molecule has 0 saturated heterocycles. The molecule has 4 atom stereocenters. The first-order valence-electron chi connectivity index (χ1n) is 23.2. The lowest BCUT2D eigenvalue weighted by Crippen LogP contribution is -2.64. The molecular formula is C57H63NO. The van der Waals surface area contributed by atoms with Gasteiger partial charge in [-0.15, -0.1) is 0 Å². The number of hydrogen-bond donors (Lipinski definition) is 0. The fraction of sp³-hybridized carbons (Fsp3) is 0.474. The quantitative estimate of drug-likeness (QED) is 0.180. The second-order valence-electron chi connectivity index (χ2n) is 23.2. The Bertz CT molecular complexity index is 2460. The number of rotatable bonds is 4. The van der Waals surface area contributed by atoms with E-state index in [1.807, 2.05) is 0 Å². The van der Waals surface area contributed by atoms with Crippen LogP contribution in [0.25, 0.3) is 11.1 Å². The van der Waals surface area contributed by atoms with E-state index in [9.17, 15) is 0 Å². The molecular weight excluding hydrogens is 715 g/mol. The maximum Gasteiger partial charge on any atom is 0.132 e. The van der Waals surface area contributed by atoms with Gasteiger partial charge >= 0.3 is 0 Å². The molecule has 59 heavy (non-hydrogen) atoms. The molecule has 5 aromatic rings. The Hall–Kier alpha value is -4.30. The van der Waals surface area contributed by atoms with E-state index in [2.05, 4.69) is 163 Å². The maximum atomic E-state index is 6.93. The molecule has 5 aromatic carbocycles. The van der Waals surface area contributed by atoms with Crippen molar-refractivity contribution in [1.82, 2.24) is 0 Å². The Kier molecular flexibility index (Phi) is 7.27. The van der Waals surface area contributed by atoms with Gasteiger partial charge in [-0.1, -0.05) is 110 Å². The summed E-state index contributed by atoms with van der Waals surface area (Å²) in [6, 6.07) is 40.5. The molecule has 2 heteroatoms. The Labute approximate surface area is 353 Å². The van der Waals surface area contributed by atoms with Crippen LogP contribution in [-0.4, -0.2) is 0 Å². The lowest BCUT2D eigenvalue weighted by atomic mass is 9.37. The van der Waals surface area contributed by atoms with E-state index < -0.39 is 0 Å². The third-order valence-corrected chi connectivity index (χ3v) is 18.3. The van der Waals surface area contributed by atoms with Crippen LogP contribution in [0.5, 0.6) is 11.5 Å². The van der Waals surface area contributed by atoms with Gasteiger partial charge in [0.1, 0.15) is 11.5 Å². The zero-order chi connectivity index (χ0) is 40.5. The zero-order valence-electron chi connectivity index (χ0n) is 36.8. The molecule has 7 aliphatic rings. The molecule has 0 N–H and O–H groups in total. The Morgan fingerprint density at radius 2 is 0.915 bits per heavy atom. The molecule has 2 spiro atoms. The highest BCUT2D eigenvalue weighted by Crippen LogP contribution is 2.84. The van der Waals surface area contributed by atoms with Crippen LogP contribution in [-0.2, 0) is 27.1 Å². The van der Waals surface area contributed by atoms with Crippen molar-refractivity contribution >= 4 is 17.1 Å². The molecule has 3 bridgehead atoms. The average Bonchev–Trinajstić information content (AvgIpc) is 3.61. The molecule has 0 aromatic heterocycles. The van der Waals surface area contributed by atoms with Crippen LogP contribution in [0, 0.1) is 29.1 Å². The van der Waals surface area contributed by atoms with Gasteiger partial charge in [-0.25, -0.2) is 0 Å². The molecule has 4 fully saturated rings. The van der Waals surface area contributed by atoms with E-state index in [1.165, 1.54) is 119 Å². The van der Waals surface area contributed by atoms with Crippen LogP contribution in [0.1, 0.15) is 147 Å². The first-order chi connectivity index (χ1) is 28.1. The van der Waals surface area contributed by atoms with Crippen LogP contribution in [0.3, 0.4) is 0 Å². The number of para-hydroxylation sites is 1. The summed E-state index contributed by atoms with van der Waals surface area (Å²) < 4.78 is 6.93. The molecule has 2 nitrogen and oxygen atoms in total. The van der Waals surface area contributed by atoms with Crippen LogP contribution in [0.15, 0.2) is 103 Å². The topological polar surface area (TPSA) is 12.5 Å². The molecule has 4 unspecified atom stereocenters. The fourth-order valence-corrected chi connectivity index (χ4v) is 15.3. The maximum absolute atomic E-state index is 6.93. The summed E-state index contributed by atoms with van der Waals surface area (Å²) in [5.41, 5.74) is 16.4. The minimum absolute atomic E-state index is 0.105. The van der Waals surface area contributed by atoms with Gasteiger partial charge in [0, 0.05) is 33.6 Å². The van der Waals surface area contributed by atoms with Crippen LogP contribution in [0.4, 0.5) is 17.1 Å². The summed E-state index contributed by atoms with van der Waals surface area (Å²) in [5.74, 6) is 5.54. The molecule has 6 aliphatic carbocycles. The van der Waals surface area contributed by atoms with Crippen molar-refractivity contribution in [2.24, 2.45) is 29.1 Å². The summed E-state index contributed by atoms with van der Waals surface area (Å²) in [4.78, 5) is 2.53. The SMILES string of the molecule is CC1(C)CCC(C)(C)c2cc(N(c3ccc(-c4ccc5c(c4)Oc4ccccc4C54C5CC6CC7CC4C5(C6)C7)cc3)c3ccc4c(c3)C(C)(C)CCC4(C)C)ccc21. The van der Waals surface area contributed by atoms with E-state index in [0.717, 1.165) is 35.2 Å². The molecule has 0 radical (unpaired) electrons. The van der Waals surface area contributed by atoms with Crippen molar-refractivity contribution in [2.45, 2.75) is 140 Å². The van der Waals surface area contributed by atoms with Gasteiger partial charge in [-0.2, -0.15) is 0 Å². The molecule has 302 valence electrons. The first-order valence-corrected chi connectivity index (χ1v) is 23.2. The van der Waals surface area contributed by atoms with E-state index in [-0.39, 0.29) is 27.1 Å². The third-order valence-electron chi connectivity index (χ3n) is 18.3. The summed E-state index contributed by atoms with van der Waals surface area (Å²) in [7, 11) is 0. The van der Waals surface area contributed by atoms with E-state index in [1.54, 1.807) is 0 Å². The lowest BCUT2D eigenvalue weighted by Gasteiger charge is -2.66. The van der Waals surface area contributed by atoms with Crippen LogP contribution >= 0.6 is 0 Å². The highest BCUT2D eigenvalue weighted by atomic mass is 16.5. The lowest BCUT2D eigenvalue weighted by molar-refractivity contribution is -0.0882. The Balaban J connectivity index is 0.955. The highest BCUT2D eigenvalue weighted by molar-refractivity contribution is 5.81.